The van der Waals surface area contributed by atoms with Gasteiger partial charge in [0.15, 0.2) is 0 Å². The van der Waals surface area contributed by atoms with Crippen molar-refractivity contribution >= 4 is 17.3 Å². The highest BCUT2D eigenvalue weighted by Gasteiger charge is 2.14. The number of ether oxygens (including phenoxy) is 1. The number of anilines is 1. The summed E-state index contributed by atoms with van der Waals surface area (Å²) in [5, 5.41) is 13.7. The topological polar surface area (TPSA) is 41.5 Å². The molecule has 2 N–H and O–H groups in total. The zero-order valence-corrected chi connectivity index (χ0v) is 12.3. The number of aryl methyl sites for hydroxylation is 1. The van der Waals surface area contributed by atoms with E-state index in [0.717, 1.165) is 22.6 Å². The Morgan fingerprint density at radius 3 is 2.65 bits per heavy atom. The number of halogens is 1. The molecule has 0 fully saturated rings. The first-order chi connectivity index (χ1) is 9.65. The van der Waals surface area contributed by atoms with Crippen LogP contribution in [0.3, 0.4) is 0 Å². The van der Waals surface area contributed by atoms with Gasteiger partial charge in [0.25, 0.3) is 0 Å². The molecule has 106 valence electrons. The van der Waals surface area contributed by atoms with Crippen LogP contribution in [-0.4, -0.2) is 18.8 Å². The molecule has 0 aliphatic heterocycles. The molecule has 2 rings (SSSR count). The van der Waals surface area contributed by atoms with E-state index in [0.29, 0.717) is 5.02 Å². The van der Waals surface area contributed by atoms with Crippen LogP contribution in [0.1, 0.15) is 17.2 Å². The standard InChI is InChI=1S/C16H18ClNO2/c1-11-9-12(17)7-8-13(11)15(10-19)18-14-5-3-4-6-16(14)20-2/h3-9,15,18-19H,10H2,1-2H3. The van der Waals surface area contributed by atoms with Gasteiger partial charge in [-0.25, -0.2) is 0 Å². The van der Waals surface area contributed by atoms with Gasteiger partial charge in [0, 0.05) is 5.02 Å². The minimum absolute atomic E-state index is 0.0134. The molecule has 20 heavy (non-hydrogen) atoms. The summed E-state index contributed by atoms with van der Waals surface area (Å²) in [5.74, 6) is 0.748. The number of benzene rings is 2. The summed E-state index contributed by atoms with van der Waals surface area (Å²) in [5.41, 5.74) is 2.91. The SMILES string of the molecule is COc1ccccc1NC(CO)c1ccc(Cl)cc1C. The summed E-state index contributed by atoms with van der Waals surface area (Å²) >= 11 is 5.97. The van der Waals surface area contributed by atoms with Gasteiger partial charge in [0.05, 0.1) is 25.4 Å². The van der Waals surface area contributed by atoms with Gasteiger partial charge in [-0.2, -0.15) is 0 Å². The summed E-state index contributed by atoms with van der Waals surface area (Å²) < 4.78 is 5.31. The monoisotopic (exact) mass is 291 g/mol. The van der Waals surface area contributed by atoms with E-state index in [1.165, 1.54) is 0 Å². The van der Waals surface area contributed by atoms with Crippen LogP contribution < -0.4 is 10.1 Å². The van der Waals surface area contributed by atoms with E-state index in [-0.39, 0.29) is 12.6 Å². The molecule has 0 radical (unpaired) electrons. The van der Waals surface area contributed by atoms with Crippen LogP contribution in [0.4, 0.5) is 5.69 Å². The first-order valence-corrected chi connectivity index (χ1v) is 6.80. The molecule has 0 aromatic heterocycles. The largest absolute Gasteiger partial charge is 0.495 e. The van der Waals surface area contributed by atoms with Gasteiger partial charge in [-0.1, -0.05) is 29.8 Å². The number of aliphatic hydroxyl groups is 1. The molecule has 0 aliphatic carbocycles. The minimum Gasteiger partial charge on any atom is -0.495 e. The number of nitrogens with one attached hydrogen (secondary N) is 1. The first kappa shape index (κ1) is 14.7. The molecule has 0 amide bonds. The predicted octanol–water partition coefficient (Wildman–Crippen LogP) is 3.80. The fraction of sp³-hybridized carbons (Fsp3) is 0.250. The first-order valence-electron chi connectivity index (χ1n) is 6.42. The van der Waals surface area contributed by atoms with Gasteiger partial charge in [0.1, 0.15) is 5.75 Å². The molecular formula is C16H18ClNO2. The second-order valence-corrected chi connectivity index (χ2v) is 5.02. The lowest BCUT2D eigenvalue weighted by atomic mass is 10.0. The van der Waals surface area contributed by atoms with E-state index in [2.05, 4.69) is 5.32 Å². The highest BCUT2D eigenvalue weighted by Crippen LogP contribution is 2.29. The number of hydrogen-bond acceptors (Lipinski definition) is 3. The molecule has 0 saturated heterocycles. The third kappa shape index (κ3) is 3.24. The Morgan fingerprint density at radius 2 is 2.00 bits per heavy atom. The fourth-order valence-electron chi connectivity index (χ4n) is 2.20. The van der Waals surface area contributed by atoms with Crippen molar-refractivity contribution in [2.75, 3.05) is 19.0 Å². The number of methoxy groups -OCH3 is 1. The highest BCUT2D eigenvalue weighted by atomic mass is 35.5. The normalized spacial score (nSPS) is 12.0. The van der Waals surface area contributed by atoms with E-state index in [4.69, 9.17) is 16.3 Å². The quantitative estimate of drug-likeness (QED) is 0.880. The molecular weight excluding hydrogens is 274 g/mol. The van der Waals surface area contributed by atoms with E-state index < -0.39 is 0 Å². The summed E-state index contributed by atoms with van der Waals surface area (Å²) in [4.78, 5) is 0. The van der Waals surface area contributed by atoms with Crippen LogP contribution in [-0.2, 0) is 0 Å². The van der Waals surface area contributed by atoms with Crippen LogP contribution in [0.2, 0.25) is 5.02 Å². The maximum atomic E-state index is 9.66. The molecule has 3 nitrogen and oxygen atoms in total. The summed E-state index contributed by atoms with van der Waals surface area (Å²) in [6.45, 7) is 1.97. The lowest BCUT2D eigenvalue weighted by Gasteiger charge is -2.21. The van der Waals surface area contributed by atoms with Crippen molar-refractivity contribution in [3.8, 4) is 5.75 Å². The molecule has 0 heterocycles. The Morgan fingerprint density at radius 1 is 1.25 bits per heavy atom. The Hall–Kier alpha value is -1.71. The van der Waals surface area contributed by atoms with E-state index >= 15 is 0 Å². The van der Waals surface area contributed by atoms with E-state index in [1.807, 2.05) is 49.4 Å². The second kappa shape index (κ2) is 6.64. The lowest BCUT2D eigenvalue weighted by molar-refractivity contribution is 0.275. The molecule has 0 saturated carbocycles. The van der Waals surface area contributed by atoms with Crippen molar-refractivity contribution in [3.63, 3.8) is 0 Å². The Kier molecular flexibility index (Phi) is 4.88. The van der Waals surface area contributed by atoms with Gasteiger partial charge in [-0.05, 0) is 42.3 Å². The van der Waals surface area contributed by atoms with Gasteiger partial charge in [-0.3, -0.25) is 0 Å². The fourth-order valence-corrected chi connectivity index (χ4v) is 2.43. The number of aliphatic hydroxyl groups excluding tert-OH is 1. The molecule has 0 bridgehead atoms. The van der Waals surface area contributed by atoms with Gasteiger partial charge in [0.2, 0.25) is 0 Å². The van der Waals surface area contributed by atoms with Crippen molar-refractivity contribution in [3.05, 3.63) is 58.6 Å². The van der Waals surface area contributed by atoms with Crippen molar-refractivity contribution in [1.82, 2.24) is 0 Å². The van der Waals surface area contributed by atoms with Crippen molar-refractivity contribution in [1.29, 1.82) is 0 Å². The molecule has 2 aromatic rings. The van der Waals surface area contributed by atoms with E-state index in [1.54, 1.807) is 7.11 Å². The predicted molar refractivity (Wildman–Crippen MR) is 82.6 cm³/mol. The summed E-state index contributed by atoms with van der Waals surface area (Å²) in [6, 6.07) is 13.1. The Bertz CT molecular complexity index is 586. The molecule has 2 aromatic carbocycles. The maximum Gasteiger partial charge on any atom is 0.141 e. The minimum atomic E-state index is -0.205. The smallest absolute Gasteiger partial charge is 0.141 e. The highest BCUT2D eigenvalue weighted by molar-refractivity contribution is 6.30. The maximum absolute atomic E-state index is 9.66. The third-order valence-electron chi connectivity index (χ3n) is 3.23. The third-order valence-corrected chi connectivity index (χ3v) is 3.46. The Labute approximate surface area is 124 Å². The number of para-hydroxylation sites is 2. The molecule has 0 spiro atoms. The molecule has 1 unspecified atom stereocenters. The average molecular weight is 292 g/mol. The molecule has 1 atom stereocenters. The van der Waals surface area contributed by atoms with Gasteiger partial charge >= 0.3 is 0 Å². The number of rotatable bonds is 5. The van der Waals surface area contributed by atoms with Crippen LogP contribution >= 0.6 is 11.6 Å². The zero-order valence-electron chi connectivity index (χ0n) is 11.6. The zero-order chi connectivity index (χ0) is 14.5. The Balaban J connectivity index is 2.29. The van der Waals surface area contributed by atoms with Crippen molar-refractivity contribution in [2.45, 2.75) is 13.0 Å². The number of hydrogen-bond donors (Lipinski definition) is 2. The summed E-state index contributed by atoms with van der Waals surface area (Å²) in [7, 11) is 1.63. The van der Waals surface area contributed by atoms with Crippen molar-refractivity contribution < 1.29 is 9.84 Å². The molecule has 4 heteroatoms. The van der Waals surface area contributed by atoms with Crippen LogP contribution in [0.15, 0.2) is 42.5 Å². The van der Waals surface area contributed by atoms with E-state index in [9.17, 15) is 5.11 Å². The van der Waals surface area contributed by atoms with Gasteiger partial charge in [-0.15, -0.1) is 0 Å². The molecule has 0 aliphatic rings. The van der Waals surface area contributed by atoms with Crippen LogP contribution in [0.25, 0.3) is 0 Å². The van der Waals surface area contributed by atoms with Crippen LogP contribution in [0, 0.1) is 6.92 Å². The second-order valence-electron chi connectivity index (χ2n) is 4.58. The van der Waals surface area contributed by atoms with Gasteiger partial charge < -0.3 is 15.2 Å². The summed E-state index contributed by atoms with van der Waals surface area (Å²) in [6.07, 6.45) is 0. The van der Waals surface area contributed by atoms with Crippen LogP contribution in [0.5, 0.6) is 5.75 Å². The van der Waals surface area contributed by atoms with Crippen molar-refractivity contribution in [2.24, 2.45) is 0 Å². The average Bonchev–Trinajstić information content (AvgIpc) is 2.46. The lowest BCUT2D eigenvalue weighted by Crippen LogP contribution is -2.16.